The van der Waals surface area contributed by atoms with Crippen molar-refractivity contribution in [1.29, 1.82) is 0 Å². The van der Waals surface area contributed by atoms with Crippen molar-refractivity contribution in [2.24, 2.45) is 0 Å². The Morgan fingerprint density at radius 1 is 1.43 bits per heavy atom. The minimum Gasteiger partial charge on any atom is -0.384 e. The molecule has 0 aliphatic rings. The van der Waals surface area contributed by atoms with Gasteiger partial charge in [-0.3, -0.25) is 0 Å². The first kappa shape index (κ1) is 8.96. The SMILES string of the molecule is Cc1[nH]c(=S)[nH]c1-c1ccnc(N)c1. The van der Waals surface area contributed by atoms with Crippen molar-refractivity contribution in [3.05, 3.63) is 28.8 Å². The number of nitrogens with zero attached hydrogens (tertiary/aromatic N) is 1. The molecule has 0 bridgehead atoms. The third kappa shape index (κ3) is 1.54. The average molecular weight is 206 g/mol. The second-order valence-corrected chi connectivity index (χ2v) is 3.46. The van der Waals surface area contributed by atoms with Crippen molar-refractivity contribution in [1.82, 2.24) is 15.0 Å². The van der Waals surface area contributed by atoms with E-state index in [1.165, 1.54) is 0 Å². The van der Waals surface area contributed by atoms with E-state index in [4.69, 9.17) is 18.0 Å². The number of aryl methyl sites for hydroxylation is 1. The number of imidazole rings is 1. The molecule has 5 heteroatoms. The molecule has 0 aliphatic heterocycles. The lowest BCUT2D eigenvalue weighted by Gasteiger charge is -1.99. The number of anilines is 1. The van der Waals surface area contributed by atoms with Crippen LogP contribution in [0.1, 0.15) is 5.69 Å². The Labute approximate surface area is 86.2 Å². The van der Waals surface area contributed by atoms with Gasteiger partial charge in [-0.05, 0) is 31.3 Å². The van der Waals surface area contributed by atoms with Crippen LogP contribution in [0.5, 0.6) is 0 Å². The van der Waals surface area contributed by atoms with Crippen LogP contribution in [0, 0.1) is 11.7 Å². The van der Waals surface area contributed by atoms with Gasteiger partial charge < -0.3 is 15.7 Å². The van der Waals surface area contributed by atoms with Crippen LogP contribution < -0.4 is 5.73 Å². The maximum absolute atomic E-state index is 5.59. The molecule has 2 rings (SSSR count). The lowest BCUT2D eigenvalue weighted by atomic mass is 10.1. The van der Waals surface area contributed by atoms with Crippen LogP contribution >= 0.6 is 12.2 Å². The summed E-state index contributed by atoms with van der Waals surface area (Å²) >= 11 is 5.00. The molecule has 0 amide bonds. The molecule has 2 heterocycles. The number of nitrogens with two attached hydrogens (primary N) is 1. The Morgan fingerprint density at radius 3 is 2.79 bits per heavy atom. The molecule has 0 saturated heterocycles. The van der Waals surface area contributed by atoms with Crippen LogP contribution in [0.25, 0.3) is 11.3 Å². The van der Waals surface area contributed by atoms with E-state index in [0.29, 0.717) is 10.6 Å². The van der Waals surface area contributed by atoms with Gasteiger partial charge in [-0.15, -0.1) is 0 Å². The van der Waals surface area contributed by atoms with Gasteiger partial charge >= 0.3 is 0 Å². The molecule has 0 fully saturated rings. The highest BCUT2D eigenvalue weighted by molar-refractivity contribution is 7.71. The molecular formula is C9H10N4S. The van der Waals surface area contributed by atoms with E-state index in [-0.39, 0.29) is 0 Å². The van der Waals surface area contributed by atoms with Gasteiger partial charge in [0.05, 0.1) is 5.69 Å². The highest BCUT2D eigenvalue weighted by atomic mass is 32.1. The van der Waals surface area contributed by atoms with Gasteiger partial charge in [0.15, 0.2) is 4.77 Å². The number of rotatable bonds is 1. The van der Waals surface area contributed by atoms with Gasteiger partial charge in [0.1, 0.15) is 5.82 Å². The zero-order valence-corrected chi connectivity index (χ0v) is 8.48. The van der Waals surface area contributed by atoms with Crippen LogP contribution in [0.4, 0.5) is 5.82 Å². The number of nitrogen functional groups attached to an aromatic ring is 1. The van der Waals surface area contributed by atoms with Crippen molar-refractivity contribution >= 4 is 18.0 Å². The Kier molecular flexibility index (Phi) is 2.09. The zero-order chi connectivity index (χ0) is 10.1. The predicted octanol–water partition coefficient (Wildman–Crippen LogP) is 2.02. The Hall–Kier alpha value is -1.62. The lowest BCUT2D eigenvalue weighted by Crippen LogP contribution is -1.90. The topological polar surface area (TPSA) is 70.5 Å². The van der Waals surface area contributed by atoms with Gasteiger partial charge in [-0.2, -0.15) is 0 Å². The highest BCUT2D eigenvalue weighted by Gasteiger charge is 2.04. The van der Waals surface area contributed by atoms with Crippen molar-refractivity contribution < 1.29 is 0 Å². The third-order valence-corrected chi connectivity index (χ3v) is 2.19. The van der Waals surface area contributed by atoms with E-state index >= 15 is 0 Å². The Bertz CT molecular complexity index is 512. The first-order valence-corrected chi connectivity index (χ1v) is 4.58. The van der Waals surface area contributed by atoms with Crippen molar-refractivity contribution in [3.8, 4) is 11.3 Å². The normalized spacial score (nSPS) is 10.4. The van der Waals surface area contributed by atoms with E-state index < -0.39 is 0 Å². The smallest absolute Gasteiger partial charge is 0.175 e. The molecule has 4 nitrogen and oxygen atoms in total. The fraction of sp³-hybridized carbons (Fsp3) is 0.111. The molecule has 0 radical (unpaired) electrons. The van der Waals surface area contributed by atoms with Crippen LogP contribution in [0.2, 0.25) is 0 Å². The fourth-order valence-corrected chi connectivity index (χ4v) is 1.62. The summed E-state index contributed by atoms with van der Waals surface area (Å²) in [7, 11) is 0. The van der Waals surface area contributed by atoms with Crippen LogP contribution in [0.3, 0.4) is 0 Å². The van der Waals surface area contributed by atoms with Crippen molar-refractivity contribution in [3.63, 3.8) is 0 Å². The van der Waals surface area contributed by atoms with Gasteiger partial charge in [-0.1, -0.05) is 0 Å². The second-order valence-electron chi connectivity index (χ2n) is 3.05. The number of pyridine rings is 1. The second kappa shape index (κ2) is 3.26. The lowest BCUT2D eigenvalue weighted by molar-refractivity contribution is 1.22. The van der Waals surface area contributed by atoms with Crippen LogP contribution in [0.15, 0.2) is 18.3 Å². The third-order valence-electron chi connectivity index (χ3n) is 1.98. The Balaban J connectivity index is 2.59. The summed E-state index contributed by atoms with van der Waals surface area (Å²) in [6, 6.07) is 3.69. The molecule has 0 aliphatic carbocycles. The molecule has 0 saturated carbocycles. The quantitative estimate of drug-likeness (QED) is 0.625. The number of aromatic amines is 2. The van der Waals surface area contributed by atoms with Crippen molar-refractivity contribution in [2.45, 2.75) is 6.92 Å². The van der Waals surface area contributed by atoms with Gasteiger partial charge in [0.2, 0.25) is 0 Å². The maximum Gasteiger partial charge on any atom is 0.175 e. The summed E-state index contributed by atoms with van der Waals surface area (Å²) in [5.74, 6) is 0.502. The first-order valence-electron chi connectivity index (χ1n) is 4.17. The molecule has 0 unspecified atom stereocenters. The Morgan fingerprint density at radius 2 is 2.21 bits per heavy atom. The number of nitrogens with one attached hydrogen (secondary N) is 2. The molecule has 0 spiro atoms. The largest absolute Gasteiger partial charge is 0.384 e. The standard InChI is InChI=1S/C9H10N4S/c1-5-8(13-9(14)12-5)6-2-3-11-7(10)4-6/h2-4H,1H3,(H2,10,11)(H2,12,13,14). The van der Waals surface area contributed by atoms with E-state index in [2.05, 4.69) is 15.0 Å². The number of aromatic nitrogens is 3. The van der Waals surface area contributed by atoms with E-state index in [1.807, 2.05) is 13.0 Å². The number of hydrogen-bond acceptors (Lipinski definition) is 3. The zero-order valence-electron chi connectivity index (χ0n) is 7.66. The molecule has 2 aromatic rings. The summed E-state index contributed by atoms with van der Waals surface area (Å²) in [6.07, 6.45) is 1.67. The van der Waals surface area contributed by atoms with Gasteiger partial charge in [0, 0.05) is 17.5 Å². The summed E-state index contributed by atoms with van der Waals surface area (Å²) in [5.41, 5.74) is 8.54. The summed E-state index contributed by atoms with van der Waals surface area (Å²) in [6.45, 7) is 1.96. The summed E-state index contributed by atoms with van der Waals surface area (Å²) in [4.78, 5) is 10.0. The maximum atomic E-state index is 5.59. The van der Waals surface area contributed by atoms with E-state index in [1.54, 1.807) is 12.3 Å². The van der Waals surface area contributed by atoms with E-state index in [9.17, 15) is 0 Å². The van der Waals surface area contributed by atoms with Gasteiger partial charge in [0.25, 0.3) is 0 Å². The summed E-state index contributed by atoms with van der Waals surface area (Å²) < 4.78 is 0.618. The minimum atomic E-state index is 0.502. The molecule has 0 atom stereocenters. The minimum absolute atomic E-state index is 0.502. The average Bonchev–Trinajstić information content (AvgIpc) is 2.45. The number of hydrogen-bond donors (Lipinski definition) is 3. The molecular weight excluding hydrogens is 196 g/mol. The first-order chi connectivity index (χ1) is 6.66. The molecule has 2 aromatic heterocycles. The number of H-pyrrole nitrogens is 2. The van der Waals surface area contributed by atoms with Gasteiger partial charge in [-0.25, -0.2) is 4.98 Å². The fourth-order valence-electron chi connectivity index (χ4n) is 1.36. The molecule has 4 N–H and O–H groups in total. The van der Waals surface area contributed by atoms with Crippen molar-refractivity contribution in [2.75, 3.05) is 5.73 Å². The van der Waals surface area contributed by atoms with E-state index in [0.717, 1.165) is 17.0 Å². The molecule has 72 valence electrons. The highest BCUT2D eigenvalue weighted by Crippen LogP contribution is 2.20. The predicted molar refractivity (Wildman–Crippen MR) is 58.4 cm³/mol. The summed E-state index contributed by atoms with van der Waals surface area (Å²) in [5, 5.41) is 0. The molecule has 14 heavy (non-hydrogen) atoms. The van der Waals surface area contributed by atoms with Crippen LogP contribution in [-0.4, -0.2) is 15.0 Å². The molecule has 0 aromatic carbocycles. The monoisotopic (exact) mass is 206 g/mol. The van der Waals surface area contributed by atoms with Crippen LogP contribution in [-0.2, 0) is 0 Å².